The number of hydrogen-bond acceptors (Lipinski definition) is 1. The van der Waals surface area contributed by atoms with Crippen LogP contribution in [0.2, 0.25) is 0 Å². The van der Waals surface area contributed by atoms with Crippen molar-refractivity contribution in [2.24, 2.45) is 11.5 Å². The first-order chi connectivity index (χ1) is 7.27. The van der Waals surface area contributed by atoms with Crippen LogP contribution in [0, 0.1) is 0 Å². The number of anilines is 1. The Hall–Kier alpha value is -1.71. The van der Waals surface area contributed by atoms with E-state index in [4.69, 9.17) is 11.5 Å². The molecule has 15 heavy (non-hydrogen) atoms. The van der Waals surface area contributed by atoms with Crippen molar-refractivity contribution < 1.29 is 4.58 Å². The average molecular weight is 205 g/mol. The van der Waals surface area contributed by atoms with E-state index in [-0.39, 0.29) is 0 Å². The molecule has 4 N–H and O–H groups in total. The second-order valence-corrected chi connectivity index (χ2v) is 3.73. The Morgan fingerprint density at radius 3 is 2.20 bits per heavy atom. The molecule has 0 amide bonds. The molecular weight excluding hydrogens is 188 g/mol. The Balaban J connectivity index is 2.03. The number of piperazine rings is 1. The maximum absolute atomic E-state index is 5.55. The summed E-state index contributed by atoms with van der Waals surface area (Å²) in [6.07, 6.45) is 0. The van der Waals surface area contributed by atoms with Crippen molar-refractivity contribution in [3.63, 3.8) is 0 Å². The van der Waals surface area contributed by atoms with E-state index >= 15 is 0 Å². The largest absolute Gasteiger partial charge is 0.365 e. The number of benzene rings is 1. The molecule has 1 aromatic rings. The fourth-order valence-electron chi connectivity index (χ4n) is 1.86. The summed E-state index contributed by atoms with van der Waals surface area (Å²) >= 11 is 0. The lowest BCUT2D eigenvalue weighted by Gasteiger charge is -2.29. The lowest BCUT2D eigenvalue weighted by molar-refractivity contribution is -0.531. The van der Waals surface area contributed by atoms with Gasteiger partial charge in [-0.25, -0.2) is 0 Å². The van der Waals surface area contributed by atoms with Crippen molar-refractivity contribution in [2.75, 3.05) is 31.1 Å². The van der Waals surface area contributed by atoms with E-state index in [0.717, 1.165) is 26.2 Å². The zero-order valence-electron chi connectivity index (χ0n) is 8.76. The van der Waals surface area contributed by atoms with Crippen molar-refractivity contribution in [3.8, 4) is 0 Å². The molecule has 4 nitrogen and oxygen atoms in total. The SMILES string of the molecule is NC(N)=[N+]1CCN(c2ccccc2)CC1. The lowest BCUT2D eigenvalue weighted by Crippen LogP contribution is -2.48. The van der Waals surface area contributed by atoms with Crippen LogP contribution >= 0.6 is 0 Å². The monoisotopic (exact) mass is 205 g/mol. The van der Waals surface area contributed by atoms with Crippen LogP contribution in [-0.2, 0) is 0 Å². The van der Waals surface area contributed by atoms with E-state index in [1.807, 2.05) is 10.6 Å². The molecule has 1 aromatic carbocycles. The first kappa shape index (κ1) is 9.83. The van der Waals surface area contributed by atoms with Gasteiger partial charge in [0.2, 0.25) is 0 Å². The molecule has 0 aromatic heterocycles. The van der Waals surface area contributed by atoms with Gasteiger partial charge in [-0.1, -0.05) is 18.2 Å². The molecule has 0 unspecified atom stereocenters. The zero-order valence-corrected chi connectivity index (χ0v) is 8.76. The molecule has 0 bridgehead atoms. The second kappa shape index (κ2) is 4.21. The van der Waals surface area contributed by atoms with Gasteiger partial charge in [0, 0.05) is 18.8 Å². The standard InChI is InChI=1S/C11H16N4/c12-11(13)15-8-6-14(7-9-15)10-4-2-1-3-5-10/h1-5H,6-9H2,(H3,12,13)/p+1. The van der Waals surface area contributed by atoms with Crippen molar-refractivity contribution in [3.05, 3.63) is 30.3 Å². The topological polar surface area (TPSA) is 58.3 Å². The molecule has 0 atom stereocenters. The number of nitrogens with two attached hydrogens (primary N) is 2. The van der Waals surface area contributed by atoms with Gasteiger partial charge in [-0.15, -0.1) is 0 Å². The predicted molar refractivity (Wildman–Crippen MR) is 62.0 cm³/mol. The molecule has 0 saturated carbocycles. The highest BCUT2D eigenvalue weighted by Gasteiger charge is 2.16. The first-order valence-corrected chi connectivity index (χ1v) is 5.20. The average Bonchev–Trinajstić information content (AvgIpc) is 2.30. The third-order valence-electron chi connectivity index (χ3n) is 2.77. The molecule has 1 aliphatic rings. The summed E-state index contributed by atoms with van der Waals surface area (Å²) in [4.78, 5) is 2.35. The minimum atomic E-state index is 0.433. The molecule has 4 heteroatoms. The first-order valence-electron chi connectivity index (χ1n) is 5.20. The minimum Gasteiger partial charge on any atom is -0.365 e. The summed E-state index contributed by atoms with van der Waals surface area (Å²) in [6, 6.07) is 10.4. The predicted octanol–water partition coefficient (Wildman–Crippen LogP) is -0.207. The van der Waals surface area contributed by atoms with Crippen LogP contribution < -0.4 is 16.4 Å². The van der Waals surface area contributed by atoms with Crippen LogP contribution in [0.3, 0.4) is 0 Å². The second-order valence-electron chi connectivity index (χ2n) is 3.73. The highest BCUT2D eigenvalue weighted by molar-refractivity contribution is 5.70. The summed E-state index contributed by atoms with van der Waals surface area (Å²) in [5.74, 6) is 0.433. The van der Waals surface area contributed by atoms with Crippen LogP contribution in [-0.4, -0.2) is 36.7 Å². The number of hydrogen-bond donors (Lipinski definition) is 2. The van der Waals surface area contributed by atoms with Gasteiger partial charge in [-0.3, -0.25) is 16.0 Å². The number of nitrogens with zero attached hydrogens (tertiary/aromatic N) is 2. The van der Waals surface area contributed by atoms with Gasteiger partial charge < -0.3 is 4.90 Å². The lowest BCUT2D eigenvalue weighted by atomic mass is 10.2. The van der Waals surface area contributed by atoms with E-state index in [1.165, 1.54) is 5.69 Å². The van der Waals surface area contributed by atoms with Crippen LogP contribution in [0.25, 0.3) is 0 Å². The summed E-state index contributed by atoms with van der Waals surface area (Å²) in [7, 11) is 0. The van der Waals surface area contributed by atoms with E-state index < -0.39 is 0 Å². The molecule has 1 aliphatic heterocycles. The molecule has 0 aliphatic carbocycles. The summed E-state index contributed by atoms with van der Waals surface area (Å²) in [5, 5.41) is 0. The van der Waals surface area contributed by atoms with Gasteiger partial charge in [-0.2, -0.15) is 0 Å². The van der Waals surface area contributed by atoms with Gasteiger partial charge in [0.25, 0.3) is 0 Å². The fourth-order valence-corrected chi connectivity index (χ4v) is 1.86. The molecule has 0 radical (unpaired) electrons. The van der Waals surface area contributed by atoms with Crippen molar-refractivity contribution >= 4 is 11.6 Å². The third-order valence-corrected chi connectivity index (χ3v) is 2.77. The van der Waals surface area contributed by atoms with E-state index in [2.05, 4.69) is 29.2 Å². The van der Waals surface area contributed by atoms with E-state index in [9.17, 15) is 0 Å². The number of guanidine groups is 1. The minimum absolute atomic E-state index is 0.433. The van der Waals surface area contributed by atoms with Gasteiger partial charge in [0.05, 0.1) is 13.1 Å². The Bertz CT molecular complexity index is 344. The quantitative estimate of drug-likeness (QED) is 0.493. The smallest absolute Gasteiger partial charge is 0.341 e. The normalized spacial score (nSPS) is 16.5. The van der Waals surface area contributed by atoms with Crippen molar-refractivity contribution in [1.82, 2.24) is 0 Å². The number of para-hydroxylation sites is 1. The number of rotatable bonds is 1. The third kappa shape index (κ3) is 2.21. The fraction of sp³-hybridized carbons (Fsp3) is 0.364. The molecule has 1 heterocycles. The van der Waals surface area contributed by atoms with E-state index in [0.29, 0.717) is 5.96 Å². The van der Waals surface area contributed by atoms with E-state index in [1.54, 1.807) is 0 Å². The van der Waals surface area contributed by atoms with Crippen molar-refractivity contribution in [2.45, 2.75) is 0 Å². The molecule has 1 fully saturated rings. The maximum atomic E-state index is 5.55. The van der Waals surface area contributed by atoms with Gasteiger partial charge in [0.1, 0.15) is 0 Å². The van der Waals surface area contributed by atoms with Gasteiger partial charge in [-0.05, 0) is 12.1 Å². The van der Waals surface area contributed by atoms with Gasteiger partial charge in [0.15, 0.2) is 0 Å². The maximum Gasteiger partial charge on any atom is 0.341 e. The highest BCUT2D eigenvalue weighted by Crippen LogP contribution is 2.13. The van der Waals surface area contributed by atoms with Crippen LogP contribution in [0.4, 0.5) is 5.69 Å². The molecule has 80 valence electrons. The van der Waals surface area contributed by atoms with Crippen LogP contribution in [0.15, 0.2) is 30.3 Å². The van der Waals surface area contributed by atoms with Crippen molar-refractivity contribution in [1.29, 1.82) is 0 Å². The molecule has 1 saturated heterocycles. The van der Waals surface area contributed by atoms with Crippen LogP contribution in [0.5, 0.6) is 0 Å². The summed E-state index contributed by atoms with van der Waals surface area (Å²) in [5.41, 5.74) is 12.4. The Morgan fingerprint density at radius 1 is 1.07 bits per heavy atom. The zero-order chi connectivity index (χ0) is 10.7. The summed E-state index contributed by atoms with van der Waals surface area (Å²) < 4.78 is 2.01. The Morgan fingerprint density at radius 2 is 1.67 bits per heavy atom. The Kier molecular flexibility index (Phi) is 2.76. The highest BCUT2D eigenvalue weighted by atomic mass is 15.2. The molecule has 2 rings (SSSR count). The van der Waals surface area contributed by atoms with Crippen LogP contribution in [0.1, 0.15) is 0 Å². The summed E-state index contributed by atoms with van der Waals surface area (Å²) in [6.45, 7) is 3.75. The van der Waals surface area contributed by atoms with Gasteiger partial charge >= 0.3 is 5.96 Å². The molecular formula is C11H17N4+. The molecule has 0 spiro atoms. The Labute approximate surface area is 89.8 Å².